The minimum absolute atomic E-state index is 0.0399. The van der Waals surface area contributed by atoms with Crippen LogP contribution in [0.2, 0.25) is 0 Å². The number of ether oxygens (including phenoxy) is 2. The molecule has 1 rings (SSSR count). The van der Waals surface area contributed by atoms with Crippen molar-refractivity contribution >= 4 is 0 Å². The van der Waals surface area contributed by atoms with Crippen LogP contribution in [0, 0.1) is 5.41 Å². The van der Waals surface area contributed by atoms with Gasteiger partial charge in [0.1, 0.15) is 6.79 Å². The van der Waals surface area contributed by atoms with Gasteiger partial charge in [-0.25, -0.2) is 0 Å². The fraction of sp³-hybridized carbons (Fsp3) is 0.714. The average molecular weight is 128 g/mol. The largest absolute Gasteiger partial charge is 0.354 e. The lowest BCUT2D eigenvalue weighted by Gasteiger charge is -2.29. The molecule has 52 valence electrons. The third-order valence-corrected chi connectivity index (χ3v) is 1.52. The van der Waals surface area contributed by atoms with Crippen molar-refractivity contribution in [3.8, 4) is 0 Å². The van der Waals surface area contributed by atoms with Gasteiger partial charge < -0.3 is 9.47 Å². The molecule has 0 saturated carbocycles. The Balaban J connectivity index is 2.46. The summed E-state index contributed by atoms with van der Waals surface area (Å²) in [6, 6.07) is 0. The van der Waals surface area contributed by atoms with Gasteiger partial charge >= 0.3 is 0 Å². The van der Waals surface area contributed by atoms with Crippen LogP contribution in [-0.4, -0.2) is 20.0 Å². The summed E-state index contributed by atoms with van der Waals surface area (Å²) in [5.74, 6) is 0. The van der Waals surface area contributed by atoms with E-state index < -0.39 is 0 Å². The van der Waals surface area contributed by atoms with Crippen molar-refractivity contribution in [3.05, 3.63) is 12.7 Å². The lowest BCUT2D eigenvalue weighted by Crippen LogP contribution is -2.32. The maximum absolute atomic E-state index is 5.08. The van der Waals surface area contributed by atoms with Gasteiger partial charge in [0.25, 0.3) is 0 Å². The molecule has 2 nitrogen and oxygen atoms in total. The van der Waals surface area contributed by atoms with Gasteiger partial charge in [-0.1, -0.05) is 13.0 Å². The molecule has 0 spiro atoms. The average Bonchev–Trinajstić information content (AvgIpc) is 1.90. The molecule has 1 heterocycles. The van der Waals surface area contributed by atoms with Crippen LogP contribution in [0.1, 0.15) is 6.92 Å². The zero-order chi connectivity index (χ0) is 6.74. The van der Waals surface area contributed by atoms with Crippen molar-refractivity contribution in [2.75, 3.05) is 20.0 Å². The molecule has 0 aromatic heterocycles. The molecule has 0 aromatic rings. The van der Waals surface area contributed by atoms with Crippen LogP contribution in [0.3, 0.4) is 0 Å². The predicted molar refractivity (Wildman–Crippen MR) is 35.1 cm³/mol. The van der Waals surface area contributed by atoms with E-state index in [0.29, 0.717) is 6.79 Å². The highest BCUT2D eigenvalue weighted by molar-refractivity contribution is 4.92. The monoisotopic (exact) mass is 128 g/mol. The van der Waals surface area contributed by atoms with Gasteiger partial charge in [-0.05, 0) is 0 Å². The standard InChI is InChI=1S/C7H12O2/c1-3-7(2)4-8-6-9-5-7/h3H,1,4-6H2,2H3. The first-order chi connectivity index (χ1) is 4.27. The molecule has 0 bridgehead atoms. The summed E-state index contributed by atoms with van der Waals surface area (Å²) in [6.45, 7) is 7.66. The van der Waals surface area contributed by atoms with Crippen LogP contribution in [0.25, 0.3) is 0 Å². The van der Waals surface area contributed by atoms with Crippen LogP contribution in [0.15, 0.2) is 12.7 Å². The molecule has 1 saturated heterocycles. The third-order valence-electron chi connectivity index (χ3n) is 1.52. The van der Waals surface area contributed by atoms with Crippen LogP contribution in [-0.2, 0) is 9.47 Å². The van der Waals surface area contributed by atoms with Crippen LogP contribution in [0.5, 0.6) is 0 Å². The number of rotatable bonds is 1. The maximum Gasteiger partial charge on any atom is 0.146 e. The summed E-state index contributed by atoms with van der Waals surface area (Å²) >= 11 is 0. The number of hydrogen-bond donors (Lipinski definition) is 0. The molecule has 0 amide bonds. The molecule has 2 heteroatoms. The highest BCUT2D eigenvalue weighted by atomic mass is 16.7. The van der Waals surface area contributed by atoms with E-state index in [-0.39, 0.29) is 5.41 Å². The highest BCUT2D eigenvalue weighted by Crippen LogP contribution is 2.21. The second kappa shape index (κ2) is 2.50. The van der Waals surface area contributed by atoms with Crippen molar-refractivity contribution in [2.45, 2.75) is 6.92 Å². The molecule has 0 aliphatic carbocycles. The van der Waals surface area contributed by atoms with Gasteiger partial charge in [-0.3, -0.25) is 0 Å². The molecular formula is C7H12O2. The van der Waals surface area contributed by atoms with E-state index >= 15 is 0 Å². The summed E-state index contributed by atoms with van der Waals surface area (Å²) in [4.78, 5) is 0. The van der Waals surface area contributed by atoms with Crippen molar-refractivity contribution in [1.29, 1.82) is 0 Å². The summed E-state index contributed by atoms with van der Waals surface area (Å²) in [7, 11) is 0. The fourth-order valence-electron chi connectivity index (χ4n) is 0.768. The van der Waals surface area contributed by atoms with Gasteiger partial charge in [0.05, 0.1) is 13.2 Å². The summed E-state index contributed by atoms with van der Waals surface area (Å²) in [6.07, 6.45) is 1.88. The predicted octanol–water partition coefficient (Wildman–Crippen LogP) is 1.18. The third kappa shape index (κ3) is 1.53. The Morgan fingerprint density at radius 3 is 2.33 bits per heavy atom. The van der Waals surface area contributed by atoms with Gasteiger partial charge in [0.15, 0.2) is 0 Å². The van der Waals surface area contributed by atoms with E-state index in [9.17, 15) is 0 Å². The van der Waals surface area contributed by atoms with Gasteiger partial charge in [-0.15, -0.1) is 6.58 Å². The van der Waals surface area contributed by atoms with Crippen molar-refractivity contribution < 1.29 is 9.47 Å². The van der Waals surface area contributed by atoms with Crippen molar-refractivity contribution in [1.82, 2.24) is 0 Å². The first-order valence-electron chi connectivity index (χ1n) is 3.06. The first-order valence-corrected chi connectivity index (χ1v) is 3.06. The molecule has 1 aliphatic rings. The Morgan fingerprint density at radius 2 is 2.00 bits per heavy atom. The van der Waals surface area contributed by atoms with Gasteiger partial charge in [-0.2, -0.15) is 0 Å². The van der Waals surface area contributed by atoms with E-state index in [1.165, 1.54) is 0 Å². The molecule has 0 atom stereocenters. The first kappa shape index (κ1) is 6.78. The van der Waals surface area contributed by atoms with Crippen molar-refractivity contribution in [2.24, 2.45) is 5.41 Å². The Morgan fingerprint density at radius 1 is 1.44 bits per heavy atom. The minimum atomic E-state index is 0.0399. The van der Waals surface area contributed by atoms with E-state index in [4.69, 9.17) is 9.47 Å². The Hall–Kier alpha value is -0.340. The fourth-order valence-corrected chi connectivity index (χ4v) is 0.768. The molecule has 9 heavy (non-hydrogen) atoms. The van der Waals surface area contributed by atoms with Crippen LogP contribution in [0.4, 0.5) is 0 Å². The van der Waals surface area contributed by atoms with Crippen LogP contribution >= 0.6 is 0 Å². The summed E-state index contributed by atoms with van der Waals surface area (Å²) in [5.41, 5.74) is 0.0399. The Bertz CT molecular complexity index is 103. The van der Waals surface area contributed by atoms with Crippen LogP contribution < -0.4 is 0 Å². The van der Waals surface area contributed by atoms with E-state index in [0.717, 1.165) is 13.2 Å². The summed E-state index contributed by atoms with van der Waals surface area (Å²) in [5, 5.41) is 0. The maximum atomic E-state index is 5.08. The quantitative estimate of drug-likeness (QED) is 0.494. The molecular weight excluding hydrogens is 116 g/mol. The molecule has 0 unspecified atom stereocenters. The summed E-state index contributed by atoms with van der Waals surface area (Å²) < 4.78 is 10.2. The molecule has 0 radical (unpaired) electrons. The lowest BCUT2D eigenvalue weighted by molar-refractivity contribution is -0.144. The smallest absolute Gasteiger partial charge is 0.146 e. The molecule has 1 aliphatic heterocycles. The second-order valence-corrected chi connectivity index (χ2v) is 2.67. The Labute approximate surface area is 55.5 Å². The zero-order valence-electron chi connectivity index (χ0n) is 5.72. The normalized spacial score (nSPS) is 25.4. The zero-order valence-corrected chi connectivity index (χ0v) is 5.72. The molecule has 1 fully saturated rings. The lowest BCUT2D eigenvalue weighted by atomic mass is 9.93. The Kier molecular flexibility index (Phi) is 1.88. The van der Waals surface area contributed by atoms with Gasteiger partial charge in [0.2, 0.25) is 0 Å². The highest BCUT2D eigenvalue weighted by Gasteiger charge is 2.24. The molecule has 0 aromatic carbocycles. The number of hydrogen-bond acceptors (Lipinski definition) is 2. The second-order valence-electron chi connectivity index (χ2n) is 2.67. The molecule has 0 N–H and O–H groups in total. The minimum Gasteiger partial charge on any atom is -0.354 e. The van der Waals surface area contributed by atoms with Gasteiger partial charge in [0, 0.05) is 5.41 Å². The van der Waals surface area contributed by atoms with E-state index in [1.54, 1.807) is 0 Å². The van der Waals surface area contributed by atoms with E-state index in [1.807, 2.05) is 6.08 Å². The van der Waals surface area contributed by atoms with Crippen molar-refractivity contribution in [3.63, 3.8) is 0 Å². The van der Waals surface area contributed by atoms with E-state index in [2.05, 4.69) is 13.5 Å². The SMILES string of the molecule is C=CC1(C)COCOC1. The topological polar surface area (TPSA) is 18.5 Å².